The Kier molecular flexibility index (Phi) is 5.56. The van der Waals surface area contributed by atoms with Crippen LogP contribution in [-0.4, -0.2) is 27.4 Å². The quantitative estimate of drug-likeness (QED) is 0.429. The Hall–Kier alpha value is -3.52. The molecule has 0 unspecified atom stereocenters. The van der Waals surface area contributed by atoms with Gasteiger partial charge in [-0.2, -0.15) is 0 Å². The van der Waals surface area contributed by atoms with Crippen LogP contribution >= 0.6 is 11.3 Å². The molecule has 0 radical (unpaired) electrons. The molecule has 2 heterocycles. The molecule has 0 aliphatic rings. The second-order valence-corrected chi connectivity index (χ2v) is 8.27. The molecule has 1 N–H and O–H groups in total. The lowest BCUT2D eigenvalue weighted by molar-refractivity contribution is 0.0377. The summed E-state index contributed by atoms with van der Waals surface area (Å²) in [5.74, 6) is -1.03. The van der Waals surface area contributed by atoms with Crippen LogP contribution in [0, 0.1) is 12.7 Å². The number of halogens is 1. The third-order valence-corrected chi connectivity index (χ3v) is 5.76. The summed E-state index contributed by atoms with van der Waals surface area (Å²) in [6.07, 6.45) is 1.60. The lowest BCUT2D eigenvalue weighted by Crippen LogP contribution is -2.14. The van der Waals surface area contributed by atoms with Crippen molar-refractivity contribution in [3.63, 3.8) is 0 Å². The summed E-state index contributed by atoms with van der Waals surface area (Å²) in [5.41, 5.74) is 3.12. The van der Waals surface area contributed by atoms with Crippen molar-refractivity contribution in [3.8, 4) is 11.3 Å². The summed E-state index contributed by atoms with van der Waals surface area (Å²) < 4.78 is 20.2. The maximum absolute atomic E-state index is 13.2. The Bertz CT molecular complexity index is 1280. The Morgan fingerprint density at radius 1 is 1.16 bits per heavy atom. The highest BCUT2D eigenvalue weighted by Crippen LogP contribution is 2.28. The van der Waals surface area contributed by atoms with Crippen LogP contribution in [0.4, 0.5) is 10.1 Å². The highest BCUT2D eigenvalue weighted by molar-refractivity contribution is 7.19. The molecule has 158 valence electrons. The molecular formula is C23H20FN3O3S. The van der Waals surface area contributed by atoms with E-state index in [9.17, 15) is 14.0 Å². The fourth-order valence-electron chi connectivity index (χ4n) is 3.11. The van der Waals surface area contributed by atoms with Crippen LogP contribution in [0.15, 0.2) is 54.7 Å². The van der Waals surface area contributed by atoms with E-state index in [2.05, 4.69) is 10.3 Å². The van der Waals surface area contributed by atoms with Gasteiger partial charge >= 0.3 is 5.97 Å². The Labute approximate surface area is 182 Å². The molecule has 8 heteroatoms. The van der Waals surface area contributed by atoms with E-state index in [0.717, 1.165) is 11.3 Å². The zero-order chi connectivity index (χ0) is 22.1. The highest BCUT2D eigenvalue weighted by atomic mass is 32.1. The van der Waals surface area contributed by atoms with Gasteiger partial charge in [0, 0.05) is 23.1 Å². The van der Waals surface area contributed by atoms with Crippen molar-refractivity contribution in [2.45, 2.75) is 26.9 Å². The standard InChI is InChI=1S/C23H20FN3O3S/c1-13(2)30-22(29)16-5-4-6-18(11-16)25-21(28)20-14(3)27-12-19(26-23(27)31-20)15-7-9-17(24)10-8-15/h4-13H,1-3H3,(H,25,28). The molecule has 4 aromatic rings. The smallest absolute Gasteiger partial charge is 0.338 e. The molecule has 0 saturated heterocycles. The molecule has 2 aromatic carbocycles. The number of benzene rings is 2. The maximum Gasteiger partial charge on any atom is 0.338 e. The van der Waals surface area contributed by atoms with Crippen molar-refractivity contribution < 1.29 is 18.7 Å². The minimum absolute atomic E-state index is 0.226. The van der Waals surface area contributed by atoms with Gasteiger partial charge in [0.2, 0.25) is 0 Å². The van der Waals surface area contributed by atoms with Crippen molar-refractivity contribution in [1.82, 2.24) is 9.38 Å². The number of carbonyl (C=O) groups excluding carboxylic acids is 2. The molecule has 0 bridgehead atoms. The molecule has 1 amide bonds. The molecule has 0 aliphatic carbocycles. The van der Waals surface area contributed by atoms with Gasteiger partial charge in [0.05, 0.1) is 17.4 Å². The minimum atomic E-state index is -0.440. The van der Waals surface area contributed by atoms with Gasteiger partial charge in [0.15, 0.2) is 4.96 Å². The Morgan fingerprint density at radius 2 is 1.90 bits per heavy atom. The minimum Gasteiger partial charge on any atom is -0.459 e. The van der Waals surface area contributed by atoms with Gasteiger partial charge in [-0.1, -0.05) is 17.4 Å². The molecule has 0 spiro atoms. The first-order valence-corrected chi connectivity index (χ1v) is 10.5. The summed E-state index contributed by atoms with van der Waals surface area (Å²) in [6.45, 7) is 5.40. The fourth-order valence-corrected chi connectivity index (χ4v) is 4.12. The van der Waals surface area contributed by atoms with Crippen molar-refractivity contribution >= 4 is 33.9 Å². The molecule has 0 fully saturated rings. The van der Waals surface area contributed by atoms with Crippen molar-refractivity contribution in [1.29, 1.82) is 0 Å². The van der Waals surface area contributed by atoms with Gasteiger partial charge in [-0.3, -0.25) is 9.20 Å². The van der Waals surface area contributed by atoms with E-state index in [-0.39, 0.29) is 17.8 Å². The Morgan fingerprint density at radius 3 is 2.58 bits per heavy atom. The number of fused-ring (bicyclic) bond motifs is 1. The number of aryl methyl sites for hydroxylation is 1. The fraction of sp³-hybridized carbons (Fsp3) is 0.174. The van der Waals surface area contributed by atoms with E-state index in [1.54, 1.807) is 50.2 Å². The number of anilines is 1. The second kappa shape index (κ2) is 8.31. The van der Waals surface area contributed by atoms with Gasteiger partial charge in [0.1, 0.15) is 10.7 Å². The first-order valence-electron chi connectivity index (χ1n) is 9.68. The molecule has 0 aliphatic heterocycles. The number of nitrogens with one attached hydrogen (secondary N) is 1. The van der Waals surface area contributed by atoms with Crippen LogP contribution in [-0.2, 0) is 4.74 Å². The van der Waals surface area contributed by atoms with Crippen molar-refractivity contribution in [2.24, 2.45) is 0 Å². The van der Waals surface area contributed by atoms with E-state index in [1.165, 1.54) is 23.5 Å². The summed E-state index contributed by atoms with van der Waals surface area (Å²) in [5, 5.41) is 2.83. The lowest BCUT2D eigenvalue weighted by Gasteiger charge is -2.09. The van der Waals surface area contributed by atoms with Gasteiger partial charge in [-0.15, -0.1) is 0 Å². The molecule has 0 atom stereocenters. The number of ether oxygens (including phenoxy) is 1. The number of nitrogens with zero attached hydrogens (tertiary/aromatic N) is 2. The molecule has 4 rings (SSSR count). The molecule has 6 nitrogen and oxygen atoms in total. The van der Waals surface area contributed by atoms with E-state index < -0.39 is 5.97 Å². The number of esters is 1. The van der Waals surface area contributed by atoms with Crippen LogP contribution < -0.4 is 5.32 Å². The van der Waals surface area contributed by atoms with Gasteiger partial charge in [-0.05, 0) is 63.2 Å². The predicted molar refractivity (Wildman–Crippen MR) is 118 cm³/mol. The predicted octanol–water partition coefficient (Wildman–Crippen LogP) is 5.33. The number of thiazole rings is 1. The zero-order valence-electron chi connectivity index (χ0n) is 17.2. The van der Waals surface area contributed by atoms with Crippen molar-refractivity contribution in [2.75, 3.05) is 5.32 Å². The summed E-state index contributed by atoms with van der Waals surface area (Å²) >= 11 is 1.26. The van der Waals surface area contributed by atoms with Crippen molar-refractivity contribution in [3.05, 3.63) is 76.7 Å². The number of hydrogen-bond donors (Lipinski definition) is 1. The summed E-state index contributed by atoms with van der Waals surface area (Å²) in [6, 6.07) is 12.7. The number of amides is 1. The number of carbonyl (C=O) groups is 2. The van der Waals surface area contributed by atoms with Crippen LogP contribution in [0.2, 0.25) is 0 Å². The first kappa shape index (κ1) is 20.7. The lowest BCUT2D eigenvalue weighted by atomic mass is 10.2. The molecular weight excluding hydrogens is 417 g/mol. The molecule has 31 heavy (non-hydrogen) atoms. The largest absolute Gasteiger partial charge is 0.459 e. The van der Waals surface area contributed by atoms with Crippen LogP contribution in [0.5, 0.6) is 0 Å². The maximum atomic E-state index is 13.2. The van der Waals surface area contributed by atoms with Crippen LogP contribution in [0.25, 0.3) is 16.2 Å². The highest BCUT2D eigenvalue weighted by Gasteiger charge is 2.19. The first-order chi connectivity index (χ1) is 14.8. The molecule has 2 aromatic heterocycles. The SMILES string of the molecule is Cc1c(C(=O)Nc2cccc(C(=O)OC(C)C)c2)sc2nc(-c3ccc(F)cc3)cn12. The summed E-state index contributed by atoms with van der Waals surface area (Å²) in [7, 11) is 0. The monoisotopic (exact) mass is 437 g/mol. The number of imidazole rings is 1. The van der Waals surface area contributed by atoms with Crippen LogP contribution in [0.1, 0.15) is 39.6 Å². The molecule has 0 saturated carbocycles. The van der Waals surface area contributed by atoms with E-state index >= 15 is 0 Å². The number of aromatic nitrogens is 2. The van der Waals surface area contributed by atoms with E-state index in [4.69, 9.17) is 4.74 Å². The number of hydrogen-bond acceptors (Lipinski definition) is 5. The second-order valence-electron chi connectivity index (χ2n) is 7.29. The van der Waals surface area contributed by atoms with Crippen LogP contribution in [0.3, 0.4) is 0 Å². The normalized spacial score (nSPS) is 11.1. The van der Waals surface area contributed by atoms with Gasteiger partial charge in [0.25, 0.3) is 5.91 Å². The summed E-state index contributed by atoms with van der Waals surface area (Å²) in [4.78, 5) is 30.7. The average molecular weight is 437 g/mol. The third-order valence-electron chi connectivity index (χ3n) is 4.60. The van der Waals surface area contributed by atoms with Gasteiger partial charge in [-0.25, -0.2) is 14.2 Å². The van der Waals surface area contributed by atoms with Gasteiger partial charge < -0.3 is 10.1 Å². The van der Waals surface area contributed by atoms with E-state index in [1.807, 2.05) is 17.5 Å². The topological polar surface area (TPSA) is 72.7 Å². The zero-order valence-corrected chi connectivity index (χ0v) is 18.0. The third kappa shape index (κ3) is 4.34. The van der Waals surface area contributed by atoms with E-state index in [0.29, 0.717) is 26.8 Å². The Balaban J connectivity index is 1.56. The average Bonchev–Trinajstić information content (AvgIpc) is 3.28. The number of rotatable bonds is 5.